The van der Waals surface area contributed by atoms with Crippen LogP contribution in [-0.2, 0) is 11.9 Å². The molecule has 9 heteroatoms. The monoisotopic (exact) mass is 425 g/mol. The number of benzene rings is 1. The number of halogens is 3. The van der Waals surface area contributed by atoms with Crippen molar-refractivity contribution >= 4 is 23.1 Å². The molecular weight excluding hydrogens is 407 g/mol. The summed E-state index contributed by atoms with van der Waals surface area (Å²) in [5.74, 6) is 1.68. The van der Waals surface area contributed by atoms with Gasteiger partial charge in [0.2, 0.25) is 5.89 Å². The lowest BCUT2D eigenvalue weighted by Crippen LogP contribution is -2.04. The molecule has 4 nitrogen and oxygen atoms in total. The summed E-state index contributed by atoms with van der Waals surface area (Å²) in [4.78, 5) is 4.51. The number of nitrogens with zero attached hydrogens (tertiary/aromatic N) is 3. The summed E-state index contributed by atoms with van der Waals surface area (Å²) in [6, 6.07) is 5.06. The maximum Gasteiger partial charge on any atom is 0.416 e. The molecule has 0 unspecified atom stereocenters. The van der Waals surface area contributed by atoms with Gasteiger partial charge in [0.1, 0.15) is 5.01 Å². The lowest BCUT2D eigenvalue weighted by atomic mass is 9.89. The van der Waals surface area contributed by atoms with Crippen LogP contribution in [0, 0.1) is 0 Å². The number of aromatic nitrogens is 3. The lowest BCUT2D eigenvalue weighted by Gasteiger charge is -2.17. The summed E-state index contributed by atoms with van der Waals surface area (Å²) in [5.41, 5.74) is 0.850. The summed E-state index contributed by atoms with van der Waals surface area (Å²) >= 11 is 2.83. The Morgan fingerprint density at radius 2 is 1.82 bits per heavy atom. The minimum atomic E-state index is -4.33. The molecule has 1 saturated carbocycles. The fourth-order valence-electron chi connectivity index (χ4n) is 3.24. The van der Waals surface area contributed by atoms with E-state index in [9.17, 15) is 13.2 Å². The van der Waals surface area contributed by atoms with Gasteiger partial charge in [0.15, 0.2) is 0 Å². The highest BCUT2D eigenvalue weighted by Gasteiger charge is 2.30. The van der Waals surface area contributed by atoms with Gasteiger partial charge in [-0.2, -0.15) is 13.2 Å². The van der Waals surface area contributed by atoms with Gasteiger partial charge in [0.05, 0.1) is 11.3 Å². The van der Waals surface area contributed by atoms with Crippen LogP contribution >= 0.6 is 23.1 Å². The van der Waals surface area contributed by atoms with Gasteiger partial charge >= 0.3 is 6.18 Å². The van der Waals surface area contributed by atoms with Crippen LogP contribution in [0.15, 0.2) is 39.3 Å². The number of thioether (sulfide) groups is 1. The maximum absolute atomic E-state index is 12.7. The van der Waals surface area contributed by atoms with Gasteiger partial charge in [0, 0.05) is 22.6 Å². The van der Waals surface area contributed by atoms with Gasteiger partial charge in [-0.3, -0.25) is 0 Å². The van der Waals surface area contributed by atoms with E-state index in [1.165, 1.54) is 54.5 Å². The maximum atomic E-state index is 12.7. The molecular formula is C19H18F3N3OS2. The first-order valence-electron chi connectivity index (χ1n) is 9.07. The van der Waals surface area contributed by atoms with Crippen LogP contribution in [0.4, 0.5) is 13.2 Å². The Labute approximate surface area is 168 Å². The quantitative estimate of drug-likeness (QED) is 0.434. The Hall–Kier alpha value is -1.87. The van der Waals surface area contributed by atoms with E-state index < -0.39 is 11.7 Å². The van der Waals surface area contributed by atoms with Crippen molar-refractivity contribution in [1.29, 1.82) is 0 Å². The van der Waals surface area contributed by atoms with Gasteiger partial charge in [-0.05, 0) is 25.0 Å². The molecule has 0 aliphatic heterocycles. The van der Waals surface area contributed by atoms with Crippen molar-refractivity contribution in [3.05, 3.63) is 46.8 Å². The van der Waals surface area contributed by atoms with Crippen LogP contribution in [0.5, 0.6) is 0 Å². The van der Waals surface area contributed by atoms with Crippen molar-refractivity contribution in [2.45, 2.75) is 55.2 Å². The highest BCUT2D eigenvalue weighted by Crippen LogP contribution is 2.34. The van der Waals surface area contributed by atoms with Crippen LogP contribution in [0.2, 0.25) is 0 Å². The lowest BCUT2D eigenvalue weighted by molar-refractivity contribution is -0.137. The first kappa shape index (κ1) is 19.4. The molecule has 2 aromatic heterocycles. The first-order valence-corrected chi connectivity index (χ1v) is 10.9. The number of rotatable bonds is 5. The van der Waals surface area contributed by atoms with Crippen LogP contribution in [0.3, 0.4) is 0 Å². The highest BCUT2D eigenvalue weighted by molar-refractivity contribution is 7.98. The van der Waals surface area contributed by atoms with E-state index in [0.717, 1.165) is 36.6 Å². The van der Waals surface area contributed by atoms with Crippen LogP contribution < -0.4 is 0 Å². The summed E-state index contributed by atoms with van der Waals surface area (Å²) in [6.45, 7) is 0. The largest absolute Gasteiger partial charge is 0.416 e. The number of alkyl halides is 3. The third-order valence-electron chi connectivity index (χ3n) is 4.73. The van der Waals surface area contributed by atoms with E-state index >= 15 is 0 Å². The molecule has 3 aromatic rings. The van der Waals surface area contributed by atoms with Crippen molar-refractivity contribution in [3.63, 3.8) is 0 Å². The summed E-state index contributed by atoms with van der Waals surface area (Å²) in [6.07, 6.45) is 1.58. The second-order valence-electron chi connectivity index (χ2n) is 6.75. The summed E-state index contributed by atoms with van der Waals surface area (Å²) in [5, 5.41) is 11.4. The Balaban J connectivity index is 1.37. The molecule has 148 valence electrons. The second kappa shape index (κ2) is 8.24. The fraction of sp³-hybridized carbons (Fsp3) is 0.421. The minimum Gasteiger partial charge on any atom is -0.416 e. The van der Waals surface area contributed by atoms with Crippen molar-refractivity contribution in [3.8, 4) is 10.6 Å². The van der Waals surface area contributed by atoms with Gasteiger partial charge in [-0.15, -0.1) is 21.5 Å². The molecule has 0 amide bonds. The smallest absolute Gasteiger partial charge is 0.416 e. The second-order valence-corrected chi connectivity index (χ2v) is 8.53. The normalized spacial score (nSPS) is 15.8. The first-order chi connectivity index (χ1) is 13.5. The summed E-state index contributed by atoms with van der Waals surface area (Å²) < 4.78 is 43.8. The third-order valence-corrected chi connectivity index (χ3v) is 6.52. The van der Waals surface area contributed by atoms with Crippen LogP contribution in [-0.4, -0.2) is 15.2 Å². The molecule has 0 spiro atoms. The standard InChI is InChI=1S/C19H18F3N3OS2/c20-19(21,22)14-8-6-13(7-9-14)17-23-15(10-27-17)11-28-18-25-24-16(26-18)12-4-2-1-3-5-12/h6-10,12H,1-5,11H2. The van der Waals surface area contributed by atoms with E-state index in [0.29, 0.717) is 27.5 Å². The molecule has 0 saturated heterocycles. The molecule has 4 rings (SSSR count). The molecule has 1 aromatic carbocycles. The van der Waals surface area contributed by atoms with Gasteiger partial charge < -0.3 is 4.42 Å². The highest BCUT2D eigenvalue weighted by atomic mass is 32.2. The molecule has 0 bridgehead atoms. The van der Waals surface area contributed by atoms with Crippen molar-refractivity contribution < 1.29 is 17.6 Å². The zero-order chi connectivity index (χ0) is 19.6. The average Bonchev–Trinajstić information content (AvgIpc) is 3.36. The van der Waals surface area contributed by atoms with E-state index in [1.807, 2.05) is 5.38 Å². The topological polar surface area (TPSA) is 51.8 Å². The minimum absolute atomic E-state index is 0.376. The van der Waals surface area contributed by atoms with Crippen LogP contribution in [0.25, 0.3) is 10.6 Å². The molecule has 1 fully saturated rings. The predicted octanol–water partition coefficient (Wildman–Crippen LogP) is 6.55. The summed E-state index contributed by atoms with van der Waals surface area (Å²) in [7, 11) is 0. The molecule has 2 heterocycles. The van der Waals surface area contributed by atoms with E-state index in [4.69, 9.17) is 4.42 Å². The number of hydrogen-bond donors (Lipinski definition) is 0. The van der Waals surface area contributed by atoms with Gasteiger partial charge in [-0.1, -0.05) is 43.2 Å². The number of hydrogen-bond acceptors (Lipinski definition) is 6. The van der Waals surface area contributed by atoms with E-state index in [2.05, 4.69) is 15.2 Å². The number of thiazole rings is 1. The average molecular weight is 426 g/mol. The van der Waals surface area contributed by atoms with Gasteiger partial charge in [0.25, 0.3) is 5.22 Å². The van der Waals surface area contributed by atoms with Crippen molar-refractivity contribution in [1.82, 2.24) is 15.2 Å². The van der Waals surface area contributed by atoms with E-state index in [-0.39, 0.29) is 0 Å². The SMILES string of the molecule is FC(F)(F)c1ccc(-c2nc(CSc3nnc(C4CCCCC4)o3)cs2)cc1. The molecule has 0 radical (unpaired) electrons. The Kier molecular flexibility index (Phi) is 5.73. The molecule has 0 atom stereocenters. The fourth-order valence-corrected chi connectivity index (χ4v) is 4.83. The Morgan fingerprint density at radius 3 is 2.54 bits per heavy atom. The van der Waals surface area contributed by atoms with Gasteiger partial charge in [-0.25, -0.2) is 4.98 Å². The molecule has 28 heavy (non-hydrogen) atoms. The van der Waals surface area contributed by atoms with E-state index in [1.54, 1.807) is 0 Å². The van der Waals surface area contributed by atoms with Crippen molar-refractivity contribution in [2.75, 3.05) is 0 Å². The van der Waals surface area contributed by atoms with Crippen LogP contribution in [0.1, 0.15) is 55.2 Å². The zero-order valence-corrected chi connectivity index (χ0v) is 16.5. The molecule has 1 aliphatic rings. The zero-order valence-electron chi connectivity index (χ0n) is 14.9. The predicted molar refractivity (Wildman–Crippen MR) is 102 cm³/mol. The van der Waals surface area contributed by atoms with Crippen molar-refractivity contribution in [2.24, 2.45) is 0 Å². The molecule has 0 N–H and O–H groups in total. The molecule has 1 aliphatic carbocycles. The Morgan fingerprint density at radius 1 is 1.07 bits per heavy atom. The third kappa shape index (κ3) is 4.57. The Bertz CT molecular complexity index is 915.